The second-order valence-corrected chi connectivity index (χ2v) is 9.19. The van der Waals surface area contributed by atoms with Gasteiger partial charge in [0.2, 0.25) is 5.91 Å². The van der Waals surface area contributed by atoms with Crippen LogP contribution in [0.5, 0.6) is 0 Å². The predicted octanol–water partition coefficient (Wildman–Crippen LogP) is 2.62. The summed E-state index contributed by atoms with van der Waals surface area (Å²) in [6, 6.07) is 1.93. The molecule has 0 aromatic carbocycles. The van der Waals surface area contributed by atoms with Crippen molar-refractivity contribution in [1.29, 1.82) is 0 Å². The summed E-state index contributed by atoms with van der Waals surface area (Å²) >= 11 is 0. The maximum atomic E-state index is 12.6. The zero-order chi connectivity index (χ0) is 22.4. The third-order valence-electron chi connectivity index (χ3n) is 7.01. The number of allylic oxidation sites excluding steroid dienone is 1. The molecule has 7 nitrogen and oxygen atoms in total. The van der Waals surface area contributed by atoms with Crippen molar-refractivity contribution in [1.82, 2.24) is 15.2 Å². The van der Waals surface area contributed by atoms with E-state index < -0.39 is 0 Å². The van der Waals surface area contributed by atoms with Gasteiger partial charge in [0.25, 0.3) is 0 Å². The number of carbonyl (C=O) groups is 3. The van der Waals surface area contributed by atoms with Crippen molar-refractivity contribution >= 4 is 23.7 Å². The summed E-state index contributed by atoms with van der Waals surface area (Å²) in [6.45, 7) is 2.24. The Balaban J connectivity index is 1.46. The molecule has 7 heteroatoms. The van der Waals surface area contributed by atoms with E-state index in [-0.39, 0.29) is 29.0 Å². The number of rotatable bonds is 0. The number of fused-ring (bicyclic) bond motifs is 2. The molecule has 0 radical (unpaired) electrons. The molecular weight excluding hydrogens is 406 g/mol. The van der Waals surface area contributed by atoms with Gasteiger partial charge in [0.05, 0.1) is 19.3 Å². The van der Waals surface area contributed by atoms with Gasteiger partial charge in [0.1, 0.15) is 0 Å². The van der Waals surface area contributed by atoms with E-state index in [2.05, 4.69) is 10.6 Å². The van der Waals surface area contributed by atoms with E-state index in [1.807, 2.05) is 29.1 Å². The van der Waals surface area contributed by atoms with Gasteiger partial charge in [0, 0.05) is 43.4 Å². The van der Waals surface area contributed by atoms with E-state index in [1.165, 1.54) is 0 Å². The van der Waals surface area contributed by atoms with Crippen LogP contribution < -0.4 is 10.6 Å². The van der Waals surface area contributed by atoms with Crippen LogP contribution in [0.2, 0.25) is 0 Å². The highest BCUT2D eigenvalue weighted by Crippen LogP contribution is 2.50. The molecule has 2 unspecified atom stereocenters. The molecule has 3 heterocycles. The zero-order valence-corrected chi connectivity index (χ0v) is 18.6. The largest absolute Gasteiger partial charge is 0.377 e. The van der Waals surface area contributed by atoms with Crippen molar-refractivity contribution in [3.63, 3.8) is 0 Å². The monoisotopic (exact) mass is 439 g/mol. The fraction of sp³-hybridized carbons (Fsp3) is 0.560. The number of ketones is 2. The Morgan fingerprint density at radius 2 is 1.97 bits per heavy atom. The van der Waals surface area contributed by atoms with Crippen LogP contribution in [0.15, 0.2) is 36.7 Å². The number of hydrogen-bond acceptors (Lipinski definition) is 5. The first-order valence-electron chi connectivity index (χ1n) is 11.7. The average molecular weight is 440 g/mol. The highest BCUT2D eigenvalue weighted by molar-refractivity contribution is 5.93. The number of aromatic nitrogens is 1. The zero-order valence-electron chi connectivity index (χ0n) is 18.6. The Labute approximate surface area is 189 Å². The first-order valence-corrected chi connectivity index (χ1v) is 11.7. The van der Waals surface area contributed by atoms with Gasteiger partial charge in [-0.3, -0.25) is 14.4 Å². The molecule has 2 aliphatic heterocycles. The molecule has 2 N–H and O–H groups in total. The molecule has 1 saturated heterocycles. The molecule has 1 spiro atoms. The lowest BCUT2D eigenvalue weighted by molar-refractivity contribution is -0.122. The number of nitrogens with zero attached hydrogens (tertiary/aromatic N) is 1. The van der Waals surface area contributed by atoms with Crippen LogP contribution >= 0.6 is 0 Å². The molecule has 3 atom stereocenters. The van der Waals surface area contributed by atoms with E-state index in [9.17, 15) is 14.4 Å². The van der Waals surface area contributed by atoms with Gasteiger partial charge >= 0.3 is 0 Å². The highest BCUT2D eigenvalue weighted by atomic mass is 16.5. The molecule has 32 heavy (non-hydrogen) atoms. The summed E-state index contributed by atoms with van der Waals surface area (Å²) < 4.78 is 7.90. The van der Waals surface area contributed by atoms with Crippen molar-refractivity contribution in [2.45, 2.75) is 57.6 Å². The first kappa shape index (κ1) is 22.7. The molecule has 3 aliphatic rings. The Kier molecular flexibility index (Phi) is 7.37. The topological polar surface area (TPSA) is 89.4 Å². The van der Waals surface area contributed by atoms with Gasteiger partial charge in [-0.05, 0) is 55.5 Å². The number of hydrogen-bond donors (Lipinski definition) is 2. The van der Waals surface area contributed by atoms with Crippen molar-refractivity contribution in [2.24, 2.45) is 11.3 Å². The van der Waals surface area contributed by atoms with Crippen LogP contribution in [-0.2, 0) is 25.7 Å². The molecule has 1 fully saturated rings. The normalized spacial score (nSPS) is 30.4. The summed E-state index contributed by atoms with van der Waals surface area (Å²) in [7, 11) is 0. The maximum Gasteiger partial charge on any atom is 0.220 e. The maximum absolute atomic E-state index is 12.6. The summed E-state index contributed by atoms with van der Waals surface area (Å²) in [6.07, 6.45) is 16.4. The summed E-state index contributed by atoms with van der Waals surface area (Å²) in [4.78, 5) is 36.6. The SMILES string of the molecule is O=C1C=Cn2ccc(c2)CNC(=O)CC[C@@]23C=CC(=O)CC2OCC3CCCCCNC1. The van der Waals surface area contributed by atoms with Crippen LogP contribution in [0.25, 0.3) is 6.20 Å². The molecule has 1 aliphatic carbocycles. The van der Waals surface area contributed by atoms with Gasteiger partial charge in [-0.25, -0.2) is 0 Å². The third kappa shape index (κ3) is 5.45. The molecule has 2 bridgehead atoms. The van der Waals surface area contributed by atoms with Crippen molar-refractivity contribution in [3.05, 3.63) is 42.3 Å². The number of carbonyl (C=O) groups excluding carboxylic acids is 3. The van der Waals surface area contributed by atoms with Crippen LogP contribution in [0.4, 0.5) is 0 Å². The minimum absolute atomic E-state index is 0.00743. The standard InChI is InChI=1S/C25H33N3O4/c29-21-5-9-25-10-6-24(31)27-15-19-7-12-28(17-19)13-8-22(30)16-26-11-3-1-2-4-20(25)18-32-23(25)14-21/h5,7-9,12-13,17,20,23,26H,1-4,6,10-11,14-16,18H2,(H,27,31)/t20?,23?,25-/m1/s1. The smallest absolute Gasteiger partial charge is 0.220 e. The van der Waals surface area contributed by atoms with E-state index in [1.54, 1.807) is 18.4 Å². The minimum atomic E-state index is -0.231. The number of ether oxygens (including phenoxy) is 1. The first-order chi connectivity index (χ1) is 15.5. The van der Waals surface area contributed by atoms with Gasteiger partial charge in [0.15, 0.2) is 11.6 Å². The third-order valence-corrected chi connectivity index (χ3v) is 7.01. The lowest BCUT2D eigenvalue weighted by Crippen LogP contribution is -2.40. The lowest BCUT2D eigenvalue weighted by atomic mass is 9.65. The Bertz CT molecular complexity index is 903. The van der Waals surface area contributed by atoms with Crippen molar-refractivity contribution in [2.75, 3.05) is 19.7 Å². The van der Waals surface area contributed by atoms with E-state index in [0.717, 1.165) is 37.8 Å². The summed E-state index contributed by atoms with van der Waals surface area (Å²) in [5.74, 6) is 0.478. The number of amides is 1. The average Bonchev–Trinajstić information content (AvgIpc) is 3.38. The molecule has 172 valence electrons. The van der Waals surface area contributed by atoms with Crippen LogP contribution in [0.3, 0.4) is 0 Å². The highest BCUT2D eigenvalue weighted by Gasteiger charge is 2.51. The molecular formula is C25H33N3O4. The van der Waals surface area contributed by atoms with Gasteiger partial charge in [-0.2, -0.15) is 0 Å². The molecule has 0 saturated carbocycles. The van der Waals surface area contributed by atoms with Gasteiger partial charge in [-0.15, -0.1) is 0 Å². The fourth-order valence-corrected chi connectivity index (χ4v) is 5.13. The minimum Gasteiger partial charge on any atom is -0.377 e. The molecule has 1 aromatic heterocycles. The summed E-state index contributed by atoms with van der Waals surface area (Å²) in [5, 5.41) is 6.23. The Morgan fingerprint density at radius 1 is 1.06 bits per heavy atom. The van der Waals surface area contributed by atoms with Gasteiger partial charge in [-0.1, -0.05) is 18.9 Å². The molecule has 1 amide bonds. The fourth-order valence-electron chi connectivity index (χ4n) is 5.13. The predicted molar refractivity (Wildman–Crippen MR) is 122 cm³/mol. The van der Waals surface area contributed by atoms with E-state index in [4.69, 9.17) is 4.74 Å². The van der Waals surface area contributed by atoms with Crippen LogP contribution in [0.1, 0.15) is 50.5 Å². The second kappa shape index (κ2) is 10.4. The molecule has 1 aromatic rings. The van der Waals surface area contributed by atoms with Crippen LogP contribution in [-0.4, -0.2) is 47.8 Å². The van der Waals surface area contributed by atoms with Crippen LogP contribution in [0, 0.1) is 11.3 Å². The lowest BCUT2D eigenvalue weighted by Gasteiger charge is -2.38. The summed E-state index contributed by atoms with van der Waals surface area (Å²) in [5.41, 5.74) is 0.745. The van der Waals surface area contributed by atoms with Crippen molar-refractivity contribution in [3.8, 4) is 0 Å². The Morgan fingerprint density at radius 3 is 2.88 bits per heavy atom. The number of nitrogens with one attached hydrogen (secondary N) is 2. The Hall–Kier alpha value is -2.51. The van der Waals surface area contributed by atoms with E-state index in [0.29, 0.717) is 44.9 Å². The van der Waals surface area contributed by atoms with Crippen molar-refractivity contribution < 1.29 is 19.1 Å². The van der Waals surface area contributed by atoms with Gasteiger partial charge < -0.3 is 19.9 Å². The molecule has 4 rings (SSSR count). The van der Waals surface area contributed by atoms with E-state index >= 15 is 0 Å². The quantitative estimate of drug-likeness (QED) is 0.649. The second-order valence-electron chi connectivity index (χ2n) is 9.19.